The minimum Gasteiger partial charge on any atom is -0.334 e. The second-order valence-corrected chi connectivity index (χ2v) is 9.80. The SMILES string of the molecule is CC1CCN(CCCNS(=O)(=O)c2ccccc2-c2nc(-c3ccccc3)no2)CC1. The summed E-state index contributed by atoms with van der Waals surface area (Å²) in [6, 6.07) is 16.1. The molecule has 0 unspecified atom stereocenters. The number of benzene rings is 2. The van der Waals surface area contributed by atoms with Gasteiger partial charge in [-0.25, -0.2) is 13.1 Å². The molecule has 31 heavy (non-hydrogen) atoms. The van der Waals surface area contributed by atoms with E-state index in [-0.39, 0.29) is 10.8 Å². The van der Waals surface area contributed by atoms with Crippen LogP contribution in [0.2, 0.25) is 0 Å². The molecule has 1 saturated heterocycles. The lowest BCUT2D eigenvalue weighted by Gasteiger charge is -2.30. The molecule has 0 amide bonds. The fourth-order valence-corrected chi connectivity index (χ4v) is 5.06. The molecular formula is C23H28N4O3S. The van der Waals surface area contributed by atoms with Gasteiger partial charge in [-0.2, -0.15) is 4.98 Å². The van der Waals surface area contributed by atoms with Gasteiger partial charge < -0.3 is 9.42 Å². The lowest BCUT2D eigenvalue weighted by Crippen LogP contribution is -2.35. The van der Waals surface area contributed by atoms with E-state index in [2.05, 4.69) is 26.7 Å². The number of aromatic nitrogens is 2. The van der Waals surface area contributed by atoms with Gasteiger partial charge >= 0.3 is 0 Å². The maximum atomic E-state index is 13.0. The van der Waals surface area contributed by atoms with Crippen LogP contribution in [0.15, 0.2) is 64.0 Å². The smallest absolute Gasteiger partial charge is 0.259 e. The third-order valence-corrected chi connectivity index (χ3v) is 7.20. The Kier molecular flexibility index (Phi) is 6.80. The van der Waals surface area contributed by atoms with Crippen LogP contribution in [0.5, 0.6) is 0 Å². The second-order valence-electron chi connectivity index (χ2n) is 8.06. The molecule has 1 aliphatic heterocycles. The van der Waals surface area contributed by atoms with E-state index < -0.39 is 10.0 Å². The van der Waals surface area contributed by atoms with Crippen LogP contribution in [-0.2, 0) is 10.0 Å². The molecule has 8 heteroatoms. The maximum Gasteiger partial charge on any atom is 0.259 e. The second kappa shape index (κ2) is 9.72. The Morgan fingerprint density at radius 2 is 1.77 bits per heavy atom. The van der Waals surface area contributed by atoms with Crippen molar-refractivity contribution >= 4 is 10.0 Å². The Morgan fingerprint density at radius 3 is 2.55 bits per heavy atom. The summed E-state index contributed by atoms with van der Waals surface area (Å²) in [6.07, 6.45) is 3.21. The molecule has 7 nitrogen and oxygen atoms in total. The minimum absolute atomic E-state index is 0.144. The molecule has 0 aliphatic carbocycles. The van der Waals surface area contributed by atoms with Gasteiger partial charge in [0.05, 0.1) is 10.5 Å². The van der Waals surface area contributed by atoms with Crippen LogP contribution in [-0.4, -0.2) is 49.6 Å². The molecular weight excluding hydrogens is 412 g/mol. The van der Waals surface area contributed by atoms with Gasteiger partial charge in [0.1, 0.15) is 0 Å². The van der Waals surface area contributed by atoms with Crippen LogP contribution >= 0.6 is 0 Å². The van der Waals surface area contributed by atoms with E-state index in [0.29, 0.717) is 17.9 Å². The highest BCUT2D eigenvalue weighted by Crippen LogP contribution is 2.28. The van der Waals surface area contributed by atoms with E-state index in [9.17, 15) is 8.42 Å². The van der Waals surface area contributed by atoms with Crippen LogP contribution in [0, 0.1) is 5.92 Å². The number of piperidine rings is 1. The molecule has 2 aromatic carbocycles. The highest BCUT2D eigenvalue weighted by molar-refractivity contribution is 7.89. The summed E-state index contributed by atoms with van der Waals surface area (Å²) in [7, 11) is -3.70. The van der Waals surface area contributed by atoms with Crippen molar-refractivity contribution in [1.29, 1.82) is 0 Å². The largest absolute Gasteiger partial charge is 0.334 e. The average Bonchev–Trinajstić information content (AvgIpc) is 3.29. The van der Waals surface area contributed by atoms with Gasteiger partial charge in [-0.3, -0.25) is 0 Å². The summed E-state index contributed by atoms with van der Waals surface area (Å²) >= 11 is 0. The van der Waals surface area contributed by atoms with Gasteiger partial charge in [0.15, 0.2) is 0 Å². The predicted octanol–water partition coefficient (Wildman–Crippen LogP) is 3.80. The quantitative estimate of drug-likeness (QED) is 0.536. The Balaban J connectivity index is 1.43. The van der Waals surface area contributed by atoms with Crippen molar-refractivity contribution in [2.45, 2.75) is 31.1 Å². The first-order valence-electron chi connectivity index (χ1n) is 10.7. The monoisotopic (exact) mass is 440 g/mol. The summed E-state index contributed by atoms with van der Waals surface area (Å²) in [5, 5.41) is 4.01. The Morgan fingerprint density at radius 1 is 1.06 bits per heavy atom. The van der Waals surface area contributed by atoms with Gasteiger partial charge in [-0.15, -0.1) is 0 Å². The standard InChI is InChI=1S/C23H28N4O3S/c1-18-12-16-27(17-13-18)15-7-14-24-31(28,29)21-11-6-5-10-20(21)23-25-22(26-30-23)19-8-3-2-4-9-19/h2-6,8-11,18,24H,7,12-17H2,1H3. The third kappa shape index (κ3) is 5.39. The van der Waals surface area contributed by atoms with Gasteiger partial charge in [0.25, 0.3) is 5.89 Å². The fourth-order valence-electron chi connectivity index (χ4n) is 3.79. The molecule has 0 radical (unpaired) electrons. The topological polar surface area (TPSA) is 88.3 Å². The first kappa shape index (κ1) is 21.7. The highest BCUT2D eigenvalue weighted by Gasteiger charge is 2.23. The number of hydrogen-bond acceptors (Lipinski definition) is 6. The van der Waals surface area contributed by atoms with E-state index in [4.69, 9.17) is 4.52 Å². The first-order chi connectivity index (χ1) is 15.0. The first-order valence-corrected chi connectivity index (χ1v) is 12.2. The van der Waals surface area contributed by atoms with E-state index in [1.165, 1.54) is 12.8 Å². The average molecular weight is 441 g/mol. The number of nitrogens with one attached hydrogen (secondary N) is 1. The summed E-state index contributed by atoms with van der Waals surface area (Å²) < 4.78 is 34.1. The Hall–Kier alpha value is -2.55. The molecule has 3 aromatic rings. The highest BCUT2D eigenvalue weighted by atomic mass is 32.2. The molecule has 4 rings (SSSR count). The zero-order valence-electron chi connectivity index (χ0n) is 17.7. The van der Waals surface area contributed by atoms with Crippen molar-refractivity contribution in [3.05, 3.63) is 54.6 Å². The Labute approximate surface area is 183 Å². The molecule has 2 heterocycles. The lowest BCUT2D eigenvalue weighted by atomic mass is 9.99. The van der Waals surface area contributed by atoms with Crippen molar-refractivity contribution in [2.75, 3.05) is 26.2 Å². The minimum atomic E-state index is -3.70. The molecule has 164 valence electrons. The van der Waals surface area contributed by atoms with Crippen molar-refractivity contribution in [3.8, 4) is 22.8 Å². The van der Waals surface area contributed by atoms with Crippen molar-refractivity contribution in [2.24, 2.45) is 5.92 Å². The van der Waals surface area contributed by atoms with Gasteiger partial charge in [0, 0.05) is 12.1 Å². The van der Waals surface area contributed by atoms with Gasteiger partial charge in [0.2, 0.25) is 15.8 Å². The predicted molar refractivity (Wildman–Crippen MR) is 120 cm³/mol. The summed E-state index contributed by atoms with van der Waals surface area (Å²) in [5.74, 6) is 1.40. The fraction of sp³-hybridized carbons (Fsp3) is 0.391. The Bertz CT molecular complexity index is 1090. The zero-order chi connectivity index (χ0) is 21.7. The van der Waals surface area contributed by atoms with Crippen LogP contribution in [0.4, 0.5) is 0 Å². The zero-order valence-corrected chi connectivity index (χ0v) is 18.5. The van der Waals surface area contributed by atoms with E-state index in [1.54, 1.807) is 24.3 Å². The number of sulfonamides is 1. The van der Waals surface area contributed by atoms with Crippen molar-refractivity contribution in [3.63, 3.8) is 0 Å². The van der Waals surface area contributed by atoms with Crippen LogP contribution in [0.3, 0.4) is 0 Å². The number of nitrogens with zero attached hydrogens (tertiary/aromatic N) is 3. The maximum absolute atomic E-state index is 13.0. The molecule has 1 N–H and O–H groups in total. The third-order valence-electron chi connectivity index (χ3n) is 5.68. The van der Waals surface area contributed by atoms with Crippen molar-refractivity contribution in [1.82, 2.24) is 19.8 Å². The summed E-state index contributed by atoms with van der Waals surface area (Å²) in [5.41, 5.74) is 1.21. The number of hydrogen-bond donors (Lipinski definition) is 1. The van der Waals surface area contributed by atoms with Gasteiger partial charge in [-0.1, -0.05) is 54.5 Å². The van der Waals surface area contributed by atoms with Crippen molar-refractivity contribution < 1.29 is 12.9 Å². The molecule has 1 aliphatic rings. The molecule has 0 bridgehead atoms. The van der Waals surface area contributed by atoms with E-state index in [0.717, 1.165) is 37.5 Å². The van der Waals surface area contributed by atoms with E-state index in [1.807, 2.05) is 30.3 Å². The molecule has 1 aromatic heterocycles. The number of rotatable bonds is 8. The normalized spacial score (nSPS) is 15.9. The molecule has 0 atom stereocenters. The van der Waals surface area contributed by atoms with Gasteiger partial charge in [-0.05, 0) is 56.9 Å². The number of likely N-dealkylation sites (tertiary alicyclic amines) is 1. The summed E-state index contributed by atoms with van der Waals surface area (Å²) in [6.45, 7) is 5.77. The van der Waals surface area contributed by atoms with Crippen LogP contribution < -0.4 is 4.72 Å². The van der Waals surface area contributed by atoms with Crippen LogP contribution in [0.1, 0.15) is 26.2 Å². The summed E-state index contributed by atoms with van der Waals surface area (Å²) in [4.78, 5) is 6.96. The molecule has 1 fully saturated rings. The molecule has 0 saturated carbocycles. The van der Waals surface area contributed by atoms with E-state index >= 15 is 0 Å². The lowest BCUT2D eigenvalue weighted by molar-refractivity contribution is 0.191. The molecule has 0 spiro atoms. The van der Waals surface area contributed by atoms with Crippen LogP contribution in [0.25, 0.3) is 22.8 Å².